The maximum atomic E-state index is 12.7. The Bertz CT molecular complexity index is 1350. The fourth-order valence-corrected chi connectivity index (χ4v) is 3.27. The predicted molar refractivity (Wildman–Crippen MR) is 124 cm³/mol. The quantitative estimate of drug-likeness (QED) is 0.362. The Morgan fingerprint density at radius 1 is 1.03 bits per heavy atom. The molecule has 4 rings (SSSR count). The minimum Gasteiger partial charge on any atom is -0.484 e. The van der Waals surface area contributed by atoms with Crippen LogP contribution in [0.15, 0.2) is 76.1 Å². The summed E-state index contributed by atoms with van der Waals surface area (Å²) in [6, 6.07) is 16.9. The number of amides is 1. The van der Waals surface area contributed by atoms with Crippen molar-refractivity contribution < 1.29 is 18.7 Å². The maximum absolute atomic E-state index is 12.7. The van der Waals surface area contributed by atoms with E-state index in [1.54, 1.807) is 42.5 Å². The molecular formula is C24H17Cl2NO5. The van der Waals surface area contributed by atoms with Crippen molar-refractivity contribution in [2.24, 2.45) is 0 Å². The highest BCUT2D eigenvalue weighted by Gasteiger charge is 2.12. The SMILES string of the molecule is Cc1ccc(Oc2coc3cc(OCC(=O)Nc4cccc(Cl)c4Cl)ccc3c2=O)cc1. The largest absolute Gasteiger partial charge is 0.484 e. The van der Waals surface area contributed by atoms with Crippen LogP contribution < -0.4 is 20.2 Å². The number of carbonyl (C=O) groups excluding carboxylic acids is 1. The molecule has 32 heavy (non-hydrogen) atoms. The number of halogens is 2. The van der Waals surface area contributed by atoms with Gasteiger partial charge in [-0.2, -0.15) is 0 Å². The topological polar surface area (TPSA) is 77.8 Å². The van der Waals surface area contributed by atoms with Crippen LogP contribution in [-0.2, 0) is 4.79 Å². The lowest BCUT2D eigenvalue weighted by molar-refractivity contribution is -0.118. The van der Waals surface area contributed by atoms with Crippen LogP contribution in [-0.4, -0.2) is 12.5 Å². The van der Waals surface area contributed by atoms with Crippen LogP contribution in [0, 0.1) is 6.92 Å². The summed E-state index contributed by atoms with van der Waals surface area (Å²) in [5, 5.41) is 3.54. The van der Waals surface area contributed by atoms with E-state index in [0.29, 0.717) is 33.2 Å². The van der Waals surface area contributed by atoms with Crippen LogP contribution in [0.2, 0.25) is 10.0 Å². The zero-order chi connectivity index (χ0) is 22.7. The van der Waals surface area contributed by atoms with Crippen molar-refractivity contribution in [1.82, 2.24) is 0 Å². The number of rotatable bonds is 6. The molecule has 0 aliphatic carbocycles. The van der Waals surface area contributed by atoms with Gasteiger partial charge >= 0.3 is 0 Å². The molecule has 0 spiro atoms. The van der Waals surface area contributed by atoms with E-state index in [0.717, 1.165) is 5.56 Å². The van der Waals surface area contributed by atoms with Crippen molar-refractivity contribution in [3.05, 3.63) is 92.8 Å². The third-order valence-corrected chi connectivity index (χ3v) is 5.38. The van der Waals surface area contributed by atoms with E-state index in [1.165, 1.54) is 12.3 Å². The first-order valence-corrected chi connectivity index (χ1v) is 10.3. The molecule has 0 radical (unpaired) electrons. The average Bonchev–Trinajstić information content (AvgIpc) is 2.79. The fourth-order valence-electron chi connectivity index (χ4n) is 2.92. The lowest BCUT2D eigenvalue weighted by atomic mass is 10.2. The van der Waals surface area contributed by atoms with Crippen LogP contribution >= 0.6 is 23.2 Å². The zero-order valence-corrected chi connectivity index (χ0v) is 18.4. The summed E-state index contributed by atoms with van der Waals surface area (Å²) in [5.41, 5.74) is 1.46. The van der Waals surface area contributed by atoms with E-state index in [2.05, 4.69) is 5.32 Å². The molecule has 0 saturated heterocycles. The van der Waals surface area contributed by atoms with Gasteiger partial charge in [-0.15, -0.1) is 0 Å². The molecule has 1 heterocycles. The monoisotopic (exact) mass is 469 g/mol. The molecule has 1 amide bonds. The van der Waals surface area contributed by atoms with Crippen molar-refractivity contribution in [2.75, 3.05) is 11.9 Å². The van der Waals surface area contributed by atoms with E-state index in [9.17, 15) is 9.59 Å². The lowest BCUT2D eigenvalue weighted by Crippen LogP contribution is -2.20. The third-order valence-electron chi connectivity index (χ3n) is 4.56. The second-order valence-corrected chi connectivity index (χ2v) is 7.73. The molecule has 0 aliphatic heterocycles. The normalized spacial score (nSPS) is 10.7. The number of benzene rings is 3. The summed E-state index contributed by atoms with van der Waals surface area (Å²) in [6.07, 6.45) is 1.25. The predicted octanol–water partition coefficient (Wildman–Crippen LogP) is 6.22. The molecule has 162 valence electrons. The number of ether oxygens (including phenoxy) is 2. The van der Waals surface area contributed by atoms with Crippen LogP contribution in [0.4, 0.5) is 5.69 Å². The highest BCUT2D eigenvalue weighted by molar-refractivity contribution is 6.44. The minimum atomic E-state index is -0.419. The molecular weight excluding hydrogens is 453 g/mol. The molecule has 3 aromatic carbocycles. The summed E-state index contributed by atoms with van der Waals surface area (Å²) in [6.45, 7) is 1.69. The van der Waals surface area contributed by atoms with Crippen LogP contribution in [0.3, 0.4) is 0 Å². The molecule has 0 bridgehead atoms. The van der Waals surface area contributed by atoms with Gasteiger partial charge in [0.2, 0.25) is 11.2 Å². The van der Waals surface area contributed by atoms with Gasteiger partial charge in [0, 0.05) is 6.07 Å². The van der Waals surface area contributed by atoms with Crippen LogP contribution in [0.25, 0.3) is 11.0 Å². The minimum absolute atomic E-state index is 0.0767. The van der Waals surface area contributed by atoms with Gasteiger partial charge in [0.05, 0.1) is 21.1 Å². The number of hydrogen-bond acceptors (Lipinski definition) is 5. The molecule has 0 fully saturated rings. The van der Waals surface area contributed by atoms with Gasteiger partial charge in [0.1, 0.15) is 23.3 Å². The Morgan fingerprint density at radius 2 is 1.78 bits per heavy atom. The average molecular weight is 470 g/mol. The van der Waals surface area contributed by atoms with Crippen molar-refractivity contribution in [3.63, 3.8) is 0 Å². The third kappa shape index (κ3) is 4.88. The zero-order valence-electron chi connectivity index (χ0n) is 16.9. The van der Waals surface area contributed by atoms with E-state index < -0.39 is 5.91 Å². The molecule has 6 nitrogen and oxygen atoms in total. The van der Waals surface area contributed by atoms with Crippen molar-refractivity contribution in [3.8, 4) is 17.2 Å². The van der Waals surface area contributed by atoms with Crippen LogP contribution in [0.5, 0.6) is 17.2 Å². The first-order valence-electron chi connectivity index (χ1n) is 9.57. The Balaban J connectivity index is 1.45. The van der Waals surface area contributed by atoms with E-state index in [1.807, 2.05) is 19.1 Å². The van der Waals surface area contributed by atoms with E-state index in [-0.39, 0.29) is 22.8 Å². The summed E-state index contributed by atoms with van der Waals surface area (Å²) >= 11 is 12.0. The number of carbonyl (C=O) groups is 1. The van der Waals surface area contributed by atoms with Gasteiger partial charge in [-0.3, -0.25) is 9.59 Å². The number of nitrogens with one attached hydrogen (secondary N) is 1. The number of anilines is 1. The molecule has 0 atom stereocenters. The molecule has 0 aliphatic rings. The molecule has 0 saturated carbocycles. The van der Waals surface area contributed by atoms with Crippen molar-refractivity contribution in [1.29, 1.82) is 0 Å². The second-order valence-electron chi connectivity index (χ2n) is 6.94. The standard InChI is InChI=1S/C24H17Cl2NO5/c1-14-5-7-15(8-6-14)32-21-12-31-20-11-16(9-10-17(20)24(21)29)30-13-22(28)27-19-4-2-3-18(25)23(19)26/h2-12H,13H2,1H3,(H,27,28). The molecule has 4 aromatic rings. The Morgan fingerprint density at radius 3 is 2.56 bits per heavy atom. The lowest BCUT2D eigenvalue weighted by Gasteiger charge is -2.10. The second kappa shape index (κ2) is 9.34. The van der Waals surface area contributed by atoms with Gasteiger partial charge in [-0.05, 0) is 43.3 Å². The van der Waals surface area contributed by atoms with E-state index in [4.69, 9.17) is 37.1 Å². The first kappa shape index (κ1) is 21.7. The highest BCUT2D eigenvalue weighted by atomic mass is 35.5. The van der Waals surface area contributed by atoms with E-state index >= 15 is 0 Å². The number of hydrogen-bond donors (Lipinski definition) is 1. The Hall–Kier alpha value is -3.48. The fraction of sp³-hybridized carbons (Fsp3) is 0.0833. The number of aryl methyl sites for hydroxylation is 1. The molecule has 1 aromatic heterocycles. The van der Waals surface area contributed by atoms with Gasteiger partial charge < -0.3 is 19.2 Å². The molecule has 8 heteroatoms. The van der Waals surface area contributed by atoms with Crippen molar-refractivity contribution in [2.45, 2.75) is 6.92 Å². The van der Waals surface area contributed by atoms with Gasteiger partial charge in [-0.25, -0.2) is 0 Å². The first-order chi connectivity index (χ1) is 15.4. The number of fused-ring (bicyclic) bond motifs is 1. The highest BCUT2D eigenvalue weighted by Crippen LogP contribution is 2.29. The van der Waals surface area contributed by atoms with Gasteiger partial charge in [0.25, 0.3) is 5.91 Å². The summed E-state index contributed by atoms with van der Waals surface area (Å²) in [5.74, 6) is 0.554. The summed E-state index contributed by atoms with van der Waals surface area (Å²) in [4.78, 5) is 24.9. The molecule has 1 N–H and O–H groups in total. The van der Waals surface area contributed by atoms with Gasteiger partial charge in [-0.1, -0.05) is 47.0 Å². The summed E-state index contributed by atoms with van der Waals surface area (Å²) in [7, 11) is 0. The van der Waals surface area contributed by atoms with Gasteiger partial charge in [0.15, 0.2) is 6.61 Å². The molecule has 0 unspecified atom stereocenters. The summed E-state index contributed by atoms with van der Waals surface area (Å²) < 4.78 is 16.7. The Kier molecular flexibility index (Phi) is 6.35. The van der Waals surface area contributed by atoms with Crippen molar-refractivity contribution >= 4 is 45.8 Å². The smallest absolute Gasteiger partial charge is 0.262 e. The maximum Gasteiger partial charge on any atom is 0.262 e. The van der Waals surface area contributed by atoms with Crippen LogP contribution in [0.1, 0.15) is 5.56 Å². The Labute approximate surface area is 193 Å².